The van der Waals surface area contributed by atoms with E-state index in [-0.39, 0.29) is 5.82 Å². The number of H-pyrrole nitrogens is 1. The van der Waals surface area contributed by atoms with Crippen molar-refractivity contribution in [3.05, 3.63) is 48.5 Å². The lowest BCUT2D eigenvalue weighted by Crippen LogP contribution is -2.15. The van der Waals surface area contributed by atoms with Crippen LogP contribution in [0.25, 0.3) is 11.0 Å². The molecule has 1 aromatic carbocycles. The zero-order valence-electron chi connectivity index (χ0n) is 9.29. The Balaban J connectivity index is 1.86. The molecule has 0 fully saturated rings. The van der Waals surface area contributed by atoms with Crippen LogP contribution in [0, 0.1) is 0 Å². The van der Waals surface area contributed by atoms with E-state index in [2.05, 4.69) is 25.3 Å². The fraction of sp³-hybridized carbons (Fsp3) is 0. The average molecular weight is 239 g/mol. The number of para-hydroxylation sites is 2. The number of nitrogens with one attached hydrogen (secondary N) is 2. The van der Waals surface area contributed by atoms with Crippen LogP contribution in [0.5, 0.6) is 0 Å². The average Bonchev–Trinajstić information content (AvgIpc) is 2.82. The van der Waals surface area contributed by atoms with Gasteiger partial charge in [-0.05, 0) is 18.2 Å². The number of aromatic amines is 1. The van der Waals surface area contributed by atoms with E-state index >= 15 is 0 Å². The molecule has 0 saturated heterocycles. The second-order valence-corrected chi connectivity index (χ2v) is 3.63. The number of rotatable bonds is 2. The predicted octanol–water partition coefficient (Wildman–Crippen LogP) is 1.61. The molecule has 0 atom stereocenters. The molecule has 0 aliphatic carbocycles. The molecule has 88 valence electrons. The van der Waals surface area contributed by atoms with Crippen LogP contribution in [0.4, 0.5) is 5.95 Å². The topological polar surface area (TPSA) is 83.6 Å². The first-order valence-electron chi connectivity index (χ1n) is 5.36. The summed E-state index contributed by atoms with van der Waals surface area (Å²) < 4.78 is 0. The van der Waals surface area contributed by atoms with Crippen LogP contribution in [0.1, 0.15) is 10.6 Å². The summed E-state index contributed by atoms with van der Waals surface area (Å²) in [5.41, 5.74) is 1.66. The van der Waals surface area contributed by atoms with Gasteiger partial charge >= 0.3 is 0 Å². The number of carbonyl (C=O) groups is 1. The Labute approximate surface area is 102 Å². The SMILES string of the molecule is O=C(Nc1nc2ccccc2[nH]1)c1ncccn1. The summed E-state index contributed by atoms with van der Waals surface area (Å²) in [5.74, 6) is 0.0984. The van der Waals surface area contributed by atoms with Crippen LogP contribution < -0.4 is 5.32 Å². The molecule has 0 aliphatic rings. The fourth-order valence-corrected chi connectivity index (χ4v) is 1.59. The number of hydrogen-bond acceptors (Lipinski definition) is 4. The summed E-state index contributed by atoms with van der Waals surface area (Å²) in [5, 5.41) is 2.62. The number of aromatic nitrogens is 4. The van der Waals surface area contributed by atoms with Crippen molar-refractivity contribution in [2.75, 3.05) is 5.32 Å². The Bertz CT molecular complexity index is 659. The first kappa shape index (κ1) is 10.4. The van der Waals surface area contributed by atoms with Gasteiger partial charge in [0.1, 0.15) is 0 Å². The molecule has 0 radical (unpaired) electrons. The smallest absolute Gasteiger partial charge is 0.295 e. The molecule has 0 aliphatic heterocycles. The van der Waals surface area contributed by atoms with E-state index in [0.717, 1.165) is 11.0 Å². The third kappa shape index (κ3) is 1.91. The molecule has 0 bridgehead atoms. The monoisotopic (exact) mass is 239 g/mol. The van der Waals surface area contributed by atoms with Gasteiger partial charge in [0.25, 0.3) is 5.91 Å². The molecule has 3 aromatic rings. The van der Waals surface area contributed by atoms with Crippen molar-refractivity contribution in [3.63, 3.8) is 0 Å². The van der Waals surface area contributed by atoms with Crippen molar-refractivity contribution < 1.29 is 4.79 Å². The Hall–Kier alpha value is -2.76. The van der Waals surface area contributed by atoms with E-state index in [1.54, 1.807) is 6.07 Å². The van der Waals surface area contributed by atoms with Crippen molar-refractivity contribution in [1.29, 1.82) is 0 Å². The lowest BCUT2D eigenvalue weighted by atomic mass is 10.3. The first-order valence-corrected chi connectivity index (χ1v) is 5.36. The van der Waals surface area contributed by atoms with Crippen LogP contribution in [0.2, 0.25) is 0 Å². The summed E-state index contributed by atoms with van der Waals surface area (Å²) >= 11 is 0. The van der Waals surface area contributed by atoms with E-state index in [0.29, 0.717) is 5.95 Å². The minimum atomic E-state index is -0.394. The number of carbonyl (C=O) groups excluding carboxylic acids is 1. The molecule has 6 heteroatoms. The van der Waals surface area contributed by atoms with Crippen molar-refractivity contribution in [1.82, 2.24) is 19.9 Å². The van der Waals surface area contributed by atoms with Crippen molar-refractivity contribution in [2.45, 2.75) is 0 Å². The van der Waals surface area contributed by atoms with Gasteiger partial charge in [-0.15, -0.1) is 0 Å². The number of imidazole rings is 1. The molecular weight excluding hydrogens is 230 g/mol. The summed E-state index contributed by atoms with van der Waals surface area (Å²) in [6.45, 7) is 0. The lowest BCUT2D eigenvalue weighted by molar-refractivity contribution is 0.101. The maximum atomic E-state index is 11.8. The Kier molecular flexibility index (Phi) is 2.45. The van der Waals surface area contributed by atoms with Crippen molar-refractivity contribution >= 4 is 22.9 Å². The quantitative estimate of drug-likeness (QED) is 0.711. The number of anilines is 1. The van der Waals surface area contributed by atoms with Crippen LogP contribution in [0.15, 0.2) is 42.7 Å². The Morgan fingerprint density at radius 3 is 2.67 bits per heavy atom. The van der Waals surface area contributed by atoms with Crippen LogP contribution in [-0.4, -0.2) is 25.8 Å². The zero-order valence-corrected chi connectivity index (χ0v) is 9.29. The Morgan fingerprint density at radius 2 is 1.89 bits per heavy atom. The van der Waals surface area contributed by atoms with E-state index in [4.69, 9.17) is 0 Å². The van der Waals surface area contributed by atoms with Crippen LogP contribution in [-0.2, 0) is 0 Å². The van der Waals surface area contributed by atoms with Gasteiger partial charge in [0.15, 0.2) is 0 Å². The molecule has 2 heterocycles. The molecule has 1 amide bonds. The normalized spacial score (nSPS) is 10.4. The third-order valence-corrected chi connectivity index (χ3v) is 2.39. The number of amides is 1. The molecule has 0 spiro atoms. The molecule has 3 rings (SSSR count). The standard InChI is InChI=1S/C12H9N5O/c18-11(10-13-6-3-7-14-10)17-12-15-8-4-1-2-5-9(8)16-12/h1-7H,(H2,15,16,17,18). The highest BCUT2D eigenvalue weighted by molar-refractivity contribution is 6.01. The summed E-state index contributed by atoms with van der Waals surface area (Å²) in [7, 11) is 0. The minimum absolute atomic E-state index is 0.109. The zero-order chi connectivity index (χ0) is 12.4. The third-order valence-electron chi connectivity index (χ3n) is 2.39. The molecule has 6 nitrogen and oxygen atoms in total. The van der Waals surface area contributed by atoms with E-state index in [1.165, 1.54) is 12.4 Å². The van der Waals surface area contributed by atoms with E-state index in [1.807, 2.05) is 24.3 Å². The maximum absolute atomic E-state index is 11.8. The van der Waals surface area contributed by atoms with Gasteiger partial charge < -0.3 is 4.98 Å². The highest BCUT2D eigenvalue weighted by Crippen LogP contribution is 2.13. The molecule has 0 saturated carbocycles. The Morgan fingerprint density at radius 1 is 1.11 bits per heavy atom. The van der Waals surface area contributed by atoms with Crippen LogP contribution >= 0.6 is 0 Å². The first-order chi connectivity index (χ1) is 8.83. The van der Waals surface area contributed by atoms with Gasteiger partial charge in [-0.25, -0.2) is 15.0 Å². The van der Waals surface area contributed by atoms with E-state index < -0.39 is 5.91 Å². The number of hydrogen-bond donors (Lipinski definition) is 2. The van der Waals surface area contributed by atoms with Gasteiger partial charge in [-0.1, -0.05) is 12.1 Å². The van der Waals surface area contributed by atoms with Gasteiger partial charge in [0, 0.05) is 12.4 Å². The van der Waals surface area contributed by atoms with E-state index in [9.17, 15) is 4.79 Å². The number of nitrogens with zero attached hydrogens (tertiary/aromatic N) is 3. The second kappa shape index (κ2) is 4.25. The molecule has 2 N–H and O–H groups in total. The van der Waals surface area contributed by atoms with Gasteiger partial charge in [0.05, 0.1) is 11.0 Å². The second-order valence-electron chi connectivity index (χ2n) is 3.63. The highest BCUT2D eigenvalue weighted by Gasteiger charge is 2.10. The van der Waals surface area contributed by atoms with Gasteiger partial charge in [-0.3, -0.25) is 10.1 Å². The molecular formula is C12H9N5O. The largest absolute Gasteiger partial charge is 0.324 e. The number of fused-ring (bicyclic) bond motifs is 1. The maximum Gasteiger partial charge on any atom is 0.295 e. The van der Waals surface area contributed by atoms with Gasteiger partial charge in [-0.2, -0.15) is 0 Å². The van der Waals surface area contributed by atoms with Gasteiger partial charge in [0.2, 0.25) is 11.8 Å². The predicted molar refractivity (Wildman–Crippen MR) is 66.1 cm³/mol. The van der Waals surface area contributed by atoms with Crippen LogP contribution in [0.3, 0.4) is 0 Å². The summed E-state index contributed by atoms with van der Waals surface area (Å²) in [4.78, 5) is 26.8. The fourth-order valence-electron chi connectivity index (χ4n) is 1.59. The lowest BCUT2D eigenvalue weighted by Gasteiger charge is -1.98. The summed E-state index contributed by atoms with van der Waals surface area (Å²) in [6.07, 6.45) is 3.03. The summed E-state index contributed by atoms with van der Waals surface area (Å²) in [6, 6.07) is 9.18. The minimum Gasteiger partial charge on any atom is -0.324 e. The van der Waals surface area contributed by atoms with Crippen molar-refractivity contribution in [2.24, 2.45) is 0 Å². The molecule has 0 unspecified atom stereocenters. The molecule has 18 heavy (non-hydrogen) atoms. The number of benzene rings is 1. The highest BCUT2D eigenvalue weighted by atomic mass is 16.2. The van der Waals surface area contributed by atoms with Crippen molar-refractivity contribution in [3.8, 4) is 0 Å². The molecule has 2 aromatic heterocycles.